The first-order chi connectivity index (χ1) is 10.3. The number of fused-ring (bicyclic) bond motifs is 1. The van der Waals surface area contributed by atoms with Crippen LogP contribution in [0.2, 0.25) is 0 Å². The molecule has 0 spiro atoms. The van der Waals surface area contributed by atoms with Crippen molar-refractivity contribution in [3.05, 3.63) is 55.3 Å². The molecule has 0 aliphatic carbocycles. The number of phenolic OH excluding ortho intramolecular Hbond substituents is 1. The number of nitrogens with one attached hydrogen (secondary N) is 1. The molecule has 0 aliphatic heterocycles. The number of hydrogen-bond donors (Lipinski definition) is 2. The SMILES string of the molecule is Oc1ccc(-c2c[nH]c3ncccc23)cc1-c1cnco1. The zero-order valence-electron chi connectivity index (χ0n) is 10.9. The Kier molecular flexibility index (Phi) is 2.50. The second-order valence-electron chi connectivity index (χ2n) is 4.70. The number of phenols is 1. The van der Waals surface area contributed by atoms with Gasteiger partial charge in [-0.2, -0.15) is 0 Å². The van der Waals surface area contributed by atoms with Crippen LogP contribution in [-0.2, 0) is 0 Å². The molecule has 102 valence electrons. The second kappa shape index (κ2) is 4.49. The van der Waals surface area contributed by atoms with Gasteiger partial charge in [-0.3, -0.25) is 0 Å². The maximum absolute atomic E-state index is 10.0. The first-order valence-electron chi connectivity index (χ1n) is 6.47. The van der Waals surface area contributed by atoms with Crippen LogP contribution in [0.25, 0.3) is 33.5 Å². The molecular weight excluding hydrogens is 266 g/mol. The topological polar surface area (TPSA) is 74.9 Å². The summed E-state index contributed by atoms with van der Waals surface area (Å²) in [6, 6.07) is 9.31. The van der Waals surface area contributed by atoms with E-state index in [0.717, 1.165) is 22.2 Å². The molecule has 3 aromatic heterocycles. The van der Waals surface area contributed by atoms with Gasteiger partial charge in [0.2, 0.25) is 0 Å². The number of aromatic nitrogens is 3. The van der Waals surface area contributed by atoms with Crippen molar-refractivity contribution in [1.82, 2.24) is 15.0 Å². The van der Waals surface area contributed by atoms with Gasteiger partial charge in [0.15, 0.2) is 12.2 Å². The average molecular weight is 277 g/mol. The largest absolute Gasteiger partial charge is 0.507 e. The van der Waals surface area contributed by atoms with Gasteiger partial charge in [0.05, 0.1) is 11.8 Å². The van der Waals surface area contributed by atoms with E-state index in [-0.39, 0.29) is 5.75 Å². The van der Waals surface area contributed by atoms with E-state index in [9.17, 15) is 5.11 Å². The summed E-state index contributed by atoms with van der Waals surface area (Å²) in [5.41, 5.74) is 3.45. The van der Waals surface area contributed by atoms with E-state index in [1.54, 1.807) is 18.5 Å². The number of oxazole rings is 1. The Bertz CT molecular complexity index is 910. The van der Waals surface area contributed by atoms with Crippen LogP contribution in [0.5, 0.6) is 5.75 Å². The number of aromatic hydroxyl groups is 1. The lowest BCUT2D eigenvalue weighted by molar-refractivity contribution is 0.473. The zero-order valence-corrected chi connectivity index (χ0v) is 10.9. The molecule has 0 bridgehead atoms. The molecule has 4 aromatic rings. The summed E-state index contributed by atoms with van der Waals surface area (Å²) < 4.78 is 5.27. The number of nitrogens with zero attached hydrogens (tertiary/aromatic N) is 2. The average Bonchev–Trinajstić information content (AvgIpc) is 3.17. The molecule has 0 amide bonds. The van der Waals surface area contributed by atoms with E-state index >= 15 is 0 Å². The number of hydrogen-bond acceptors (Lipinski definition) is 4. The maximum atomic E-state index is 10.0. The van der Waals surface area contributed by atoms with Crippen molar-refractivity contribution in [2.45, 2.75) is 0 Å². The fourth-order valence-electron chi connectivity index (χ4n) is 2.44. The summed E-state index contributed by atoms with van der Waals surface area (Å²) in [5, 5.41) is 11.0. The molecule has 2 N–H and O–H groups in total. The van der Waals surface area contributed by atoms with Gasteiger partial charge in [-0.25, -0.2) is 9.97 Å². The molecule has 1 aromatic carbocycles. The fourth-order valence-corrected chi connectivity index (χ4v) is 2.44. The quantitative estimate of drug-likeness (QED) is 0.587. The van der Waals surface area contributed by atoms with Gasteiger partial charge in [0.1, 0.15) is 11.4 Å². The third-order valence-corrected chi connectivity index (χ3v) is 3.46. The van der Waals surface area contributed by atoms with Crippen LogP contribution in [0.3, 0.4) is 0 Å². The number of rotatable bonds is 2. The van der Waals surface area contributed by atoms with Crippen molar-refractivity contribution < 1.29 is 9.52 Å². The standard InChI is InChI=1S/C16H11N3O2/c20-14-4-3-10(6-12(14)15-8-17-9-21-15)13-7-19-16-11(13)2-1-5-18-16/h1-9,20H,(H,18,19). The van der Waals surface area contributed by atoms with Crippen molar-refractivity contribution in [2.75, 3.05) is 0 Å². The summed E-state index contributed by atoms with van der Waals surface area (Å²) in [6.07, 6.45) is 6.58. The van der Waals surface area contributed by atoms with Crippen LogP contribution < -0.4 is 0 Å². The van der Waals surface area contributed by atoms with E-state index < -0.39 is 0 Å². The number of aromatic amines is 1. The van der Waals surface area contributed by atoms with Crippen molar-refractivity contribution in [3.8, 4) is 28.2 Å². The number of benzene rings is 1. The lowest BCUT2D eigenvalue weighted by Crippen LogP contribution is -1.81. The molecule has 0 saturated carbocycles. The van der Waals surface area contributed by atoms with Gasteiger partial charge in [0.25, 0.3) is 0 Å². The predicted octanol–water partition coefficient (Wildman–Crippen LogP) is 3.59. The molecule has 0 atom stereocenters. The van der Waals surface area contributed by atoms with Crippen LogP contribution in [-0.4, -0.2) is 20.1 Å². The molecule has 0 radical (unpaired) electrons. The monoisotopic (exact) mass is 277 g/mol. The fraction of sp³-hybridized carbons (Fsp3) is 0. The minimum Gasteiger partial charge on any atom is -0.507 e. The predicted molar refractivity (Wildman–Crippen MR) is 78.7 cm³/mol. The van der Waals surface area contributed by atoms with Crippen LogP contribution >= 0.6 is 0 Å². The van der Waals surface area contributed by atoms with E-state index in [1.165, 1.54) is 6.39 Å². The first-order valence-corrected chi connectivity index (χ1v) is 6.47. The zero-order chi connectivity index (χ0) is 14.2. The lowest BCUT2D eigenvalue weighted by Gasteiger charge is -2.05. The normalized spacial score (nSPS) is 11.0. The highest BCUT2D eigenvalue weighted by Gasteiger charge is 2.12. The van der Waals surface area contributed by atoms with E-state index in [4.69, 9.17) is 4.42 Å². The van der Waals surface area contributed by atoms with E-state index in [0.29, 0.717) is 11.3 Å². The molecule has 5 nitrogen and oxygen atoms in total. The van der Waals surface area contributed by atoms with E-state index in [1.807, 2.05) is 30.5 Å². The highest BCUT2D eigenvalue weighted by Crippen LogP contribution is 2.35. The Morgan fingerprint density at radius 3 is 2.95 bits per heavy atom. The van der Waals surface area contributed by atoms with Crippen molar-refractivity contribution in [2.24, 2.45) is 0 Å². The summed E-state index contributed by atoms with van der Waals surface area (Å²) >= 11 is 0. The third kappa shape index (κ3) is 1.87. The van der Waals surface area contributed by atoms with Crippen molar-refractivity contribution in [3.63, 3.8) is 0 Å². The first kappa shape index (κ1) is 11.7. The molecule has 3 heterocycles. The smallest absolute Gasteiger partial charge is 0.181 e. The molecule has 4 rings (SSSR count). The minimum absolute atomic E-state index is 0.161. The van der Waals surface area contributed by atoms with Crippen molar-refractivity contribution >= 4 is 11.0 Å². The highest BCUT2D eigenvalue weighted by atomic mass is 16.3. The number of pyridine rings is 1. The van der Waals surface area contributed by atoms with E-state index in [2.05, 4.69) is 15.0 Å². The van der Waals surface area contributed by atoms with Gasteiger partial charge >= 0.3 is 0 Å². The molecule has 0 fully saturated rings. The van der Waals surface area contributed by atoms with Crippen molar-refractivity contribution in [1.29, 1.82) is 0 Å². The minimum atomic E-state index is 0.161. The summed E-state index contributed by atoms with van der Waals surface area (Å²) in [5.74, 6) is 0.695. The molecule has 0 unspecified atom stereocenters. The van der Waals surface area contributed by atoms with Crippen LogP contribution in [0.4, 0.5) is 0 Å². The van der Waals surface area contributed by atoms with Gasteiger partial charge < -0.3 is 14.5 Å². The van der Waals surface area contributed by atoms with Gasteiger partial charge in [-0.05, 0) is 29.8 Å². The van der Waals surface area contributed by atoms with Crippen LogP contribution in [0.15, 0.2) is 59.7 Å². The van der Waals surface area contributed by atoms with Crippen LogP contribution in [0, 0.1) is 0 Å². The highest BCUT2D eigenvalue weighted by molar-refractivity contribution is 5.94. The Hall–Kier alpha value is -3.08. The summed E-state index contributed by atoms with van der Waals surface area (Å²) in [7, 11) is 0. The molecule has 5 heteroatoms. The Balaban J connectivity index is 1.92. The molecule has 0 saturated heterocycles. The lowest BCUT2D eigenvalue weighted by atomic mass is 10.0. The van der Waals surface area contributed by atoms with Gasteiger partial charge in [-0.15, -0.1) is 0 Å². The molecule has 21 heavy (non-hydrogen) atoms. The second-order valence-corrected chi connectivity index (χ2v) is 4.70. The summed E-state index contributed by atoms with van der Waals surface area (Å²) in [6.45, 7) is 0. The van der Waals surface area contributed by atoms with Gasteiger partial charge in [-0.1, -0.05) is 6.07 Å². The Labute approximate surface area is 119 Å². The summed E-state index contributed by atoms with van der Waals surface area (Å²) in [4.78, 5) is 11.3. The van der Waals surface area contributed by atoms with Crippen LogP contribution in [0.1, 0.15) is 0 Å². The molecular formula is C16H11N3O2. The maximum Gasteiger partial charge on any atom is 0.181 e. The Morgan fingerprint density at radius 2 is 2.10 bits per heavy atom. The number of H-pyrrole nitrogens is 1. The Morgan fingerprint density at radius 1 is 1.14 bits per heavy atom. The van der Waals surface area contributed by atoms with Gasteiger partial charge in [0, 0.05) is 23.3 Å². The molecule has 0 aliphatic rings. The third-order valence-electron chi connectivity index (χ3n) is 3.46.